The van der Waals surface area contributed by atoms with E-state index in [1.54, 1.807) is 0 Å². The van der Waals surface area contributed by atoms with E-state index in [0.717, 1.165) is 38.5 Å². The lowest BCUT2D eigenvalue weighted by Gasteiger charge is -2.12. The molecule has 2 aromatic rings. The van der Waals surface area contributed by atoms with Crippen LogP contribution in [0.2, 0.25) is 0 Å². The Kier molecular flexibility index (Phi) is 4.76. The molecule has 0 aliphatic carbocycles. The molecule has 0 aliphatic rings. The van der Waals surface area contributed by atoms with Crippen LogP contribution in [-0.2, 0) is 6.42 Å². The quantitative estimate of drug-likeness (QED) is 0.821. The third-order valence-electron chi connectivity index (χ3n) is 2.56. The minimum absolute atomic E-state index is 0.767. The highest BCUT2D eigenvalue weighted by atomic mass is 79.9. The number of rotatable bonds is 4. The SMILES string of the molecule is CCc1nc(NC)cc(Nc2c(Br)cccc2Br)n1. The highest BCUT2D eigenvalue weighted by Crippen LogP contribution is 2.32. The van der Waals surface area contributed by atoms with Crippen LogP contribution in [0.4, 0.5) is 17.3 Å². The van der Waals surface area contributed by atoms with Crippen LogP contribution in [0.1, 0.15) is 12.7 Å². The van der Waals surface area contributed by atoms with Crippen LogP contribution in [0, 0.1) is 0 Å². The van der Waals surface area contributed by atoms with E-state index in [2.05, 4.69) is 52.5 Å². The minimum atomic E-state index is 0.767. The minimum Gasteiger partial charge on any atom is -0.373 e. The summed E-state index contributed by atoms with van der Waals surface area (Å²) in [7, 11) is 1.85. The first-order chi connectivity index (χ1) is 9.13. The van der Waals surface area contributed by atoms with Crippen molar-refractivity contribution in [3.63, 3.8) is 0 Å². The van der Waals surface area contributed by atoms with Gasteiger partial charge in [-0.05, 0) is 44.0 Å². The molecule has 6 heteroatoms. The van der Waals surface area contributed by atoms with E-state index in [9.17, 15) is 0 Å². The Morgan fingerprint density at radius 2 is 1.74 bits per heavy atom. The van der Waals surface area contributed by atoms with E-state index in [0.29, 0.717) is 0 Å². The lowest BCUT2D eigenvalue weighted by atomic mass is 10.3. The van der Waals surface area contributed by atoms with Crippen LogP contribution in [0.25, 0.3) is 0 Å². The second-order valence-electron chi connectivity index (χ2n) is 3.88. The molecule has 2 N–H and O–H groups in total. The van der Waals surface area contributed by atoms with E-state index in [1.165, 1.54) is 0 Å². The zero-order chi connectivity index (χ0) is 13.8. The smallest absolute Gasteiger partial charge is 0.136 e. The molecule has 0 fully saturated rings. The Morgan fingerprint density at radius 3 is 2.32 bits per heavy atom. The molecule has 100 valence electrons. The zero-order valence-corrected chi connectivity index (χ0v) is 13.8. The summed E-state index contributed by atoms with van der Waals surface area (Å²) in [5, 5.41) is 6.35. The summed E-state index contributed by atoms with van der Waals surface area (Å²) in [6.07, 6.45) is 0.793. The third kappa shape index (κ3) is 3.45. The molecule has 1 aromatic heterocycles. The van der Waals surface area contributed by atoms with E-state index in [-0.39, 0.29) is 0 Å². The van der Waals surface area contributed by atoms with Crippen molar-refractivity contribution >= 4 is 49.2 Å². The maximum absolute atomic E-state index is 4.47. The standard InChI is InChI=1S/C13H14Br2N4/c1-3-10-17-11(16-2)7-12(18-10)19-13-8(14)5-4-6-9(13)15/h4-7H,3H2,1-2H3,(H2,16,17,18,19). The largest absolute Gasteiger partial charge is 0.373 e. The van der Waals surface area contributed by atoms with Crippen molar-refractivity contribution < 1.29 is 0 Å². The van der Waals surface area contributed by atoms with Crippen molar-refractivity contribution in [3.05, 3.63) is 39.0 Å². The van der Waals surface area contributed by atoms with E-state index in [1.807, 2.05) is 38.2 Å². The molecule has 0 bridgehead atoms. The molecular weight excluding hydrogens is 372 g/mol. The number of anilines is 3. The van der Waals surface area contributed by atoms with Crippen LogP contribution < -0.4 is 10.6 Å². The molecule has 2 rings (SSSR count). The van der Waals surface area contributed by atoms with Gasteiger partial charge in [-0.15, -0.1) is 0 Å². The van der Waals surface area contributed by atoms with Crippen LogP contribution in [0.15, 0.2) is 33.2 Å². The third-order valence-corrected chi connectivity index (χ3v) is 3.88. The van der Waals surface area contributed by atoms with Crippen LogP contribution in [0.3, 0.4) is 0 Å². The van der Waals surface area contributed by atoms with Gasteiger partial charge >= 0.3 is 0 Å². The molecule has 0 saturated carbocycles. The Bertz CT molecular complexity index is 544. The molecular formula is C13H14Br2N4. The number of benzene rings is 1. The highest BCUT2D eigenvalue weighted by molar-refractivity contribution is 9.11. The van der Waals surface area contributed by atoms with E-state index >= 15 is 0 Å². The van der Waals surface area contributed by atoms with Gasteiger partial charge in [0.05, 0.1) is 5.69 Å². The summed E-state index contributed by atoms with van der Waals surface area (Å²) in [5.74, 6) is 2.37. The summed E-state index contributed by atoms with van der Waals surface area (Å²) < 4.78 is 1.95. The van der Waals surface area contributed by atoms with Gasteiger partial charge in [-0.25, -0.2) is 9.97 Å². The lowest BCUT2D eigenvalue weighted by molar-refractivity contribution is 0.944. The Labute approximate surface area is 129 Å². The van der Waals surface area contributed by atoms with Gasteiger partial charge in [-0.3, -0.25) is 0 Å². The molecule has 1 aromatic carbocycles. The number of hydrogen-bond acceptors (Lipinski definition) is 4. The Balaban J connectivity index is 2.37. The lowest BCUT2D eigenvalue weighted by Crippen LogP contribution is -2.03. The van der Waals surface area contributed by atoms with E-state index < -0.39 is 0 Å². The topological polar surface area (TPSA) is 49.8 Å². The van der Waals surface area contributed by atoms with Gasteiger partial charge in [-0.2, -0.15) is 0 Å². The first-order valence-electron chi connectivity index (χ1n) is 5.90. The molecule has 0 unspecified atom stereocenters. The maximum atomic E-state index is 4.47. The molecule has 1 heterocycles. The molecule has 0 saturated heterocycles. The number of para-hydroxylation sites is 1. The van der Waals surface area contributed by atoms with Gasteiger partial charge in [0.15, 0.2) is 0 Å². The number of aromatic nitrogens is 2. The van der Waals surface area contributed by atoms with Crippen LogP contribution in [0.5, 0.6) is 0 Å². The molecule has 0 spiro atoms. The first-order valence-corrected chi connectivity index (χ1v) is 7.49. The second-order valence-corrected chi connectivity index (χ2v) is 5.59. The number of hydrogen-bond donors (Lipinski definition) is 2. The van der Waals surface area contributed by atoms with E-state index in [4.69, 9.17) is 0 Å². The normalized spacial score (nSPS) is 10.3. The molecule has 4 nitrogen and oxygen atoms in total. The summed E-state index contributed by atoms with van der Waals surface area (Å²) in [4.78, 5) is 8.84. The Hall–Kier alpha value is -1.14. The summed E-state index contributed by atoms with van der Waals surface area (Å²) in [6.45, 7) is 2.03. The number of halogens is 2. The fourth-order valence-electron chi connectivity index (χ4n) is 1.59. The molecule has 0 atom stereocenters. The fourth-order valence-corrected chi connectivity index (χ4v) is 2.79. The van der Waals surface area contributed by atoms with Gasteiger partial charge in [0, 0.05) is 28.5 Å². The predicted molar refractivity (Wildman–Crippen MR) is 86.1 cm³/mol. The summed E-state index contributed by atoms with van der Waals surface area (Å²) in [5.41, 5.74) is 0.949. The second kappa shape index (κ2) is 6.34. The monoisotopic (exact) mass is 384 g/mol. The fraction of sp³-hybridized carbons (Fsp3) is 0.231. The van der Waals surface area contributed by atoms with Gasteiger partial charge in [-0.1, -0.05) is 13.0 Å². The molecule has 0 radical (unpaired) electrons. The predicted octanol–water partition coefficient (Wildman–Crippen LogP) is 4.35. The summed E-state index contributed by atoms with van der Waals surface area (Å²) in [6, 6.07) is 7.81. The van der Waals surface area contributed by atoms with Crippen LogP contribution in [-0.4, -0.2) is 17.0 Å². The maximum Gasteiger partial charge on any atom is 0.136 e. The van der Waals surface area contributed by atoms with Gasteiger partial charge < -0.3 is 10.6 Å². The molecule has 19 heavy (non-hydrogen) atoms. The zero-order valence-electron chi connectivity index (χ0n) is 10.7. The van der Waals surface area contributed by atoms with Crippen LogP contribution >= 0.6 is 31.9 Å². The van der Waals surface area contributed by atoms with Crippen molar-refractivity contribution in [1.29, 1.82) is 0 Å². The average molecular weight is 386 g/mol. The van der Waals surface area contributed by atoms with Crippen molar-refractivity contribution in [2.75, 3.05) is 17.7 Å². The number of nitrogens with zero attached hydrogens (tertiary/aromatic N) is 2. The highest BCUT2D eigenvalue weighted by Gasteiger charge is 2.08. The molecule has 0 amide bonds. The van der Waals surface area contributed by atoms with Gasteiger partial charge in [0.1, 0.15) is 17.5 Å². The van der Waals surface area contributed by atoms with Gasteiger partial charge in [0.25, 0.3) is 0 Å². The van der Waals surface area contributed by atoms with Crippen molar-refractivity contribution in [3.8, 4) is 0 Å². The average Bonchev–Trinajstić information content (AvgIpc) is 2.42. The summed E-state index contributed by atoms with van der Waals surface area (Å²) >= 11 is 7.05. The first kappa shape index (κ1) is 14.3. The van der Waals surface area contributed by atoms with Crippen molar-refractivity contribution in [2.45, 2.75) is 13.3 Å². The number of aryl methyl sites for hydroxylation is 1. The van der Waals surface area contributed by atoms with Crippen molar-refractivity contribution in [2.24, 2.45) is 0 Å². The molecule has 0 aliphatic heterocycles. The number of nitrogens with one attached hydrogen (secondary N) is 2. The van der Waals surface area contributed by atoms with Crippen molar-refractivity contribution in [1.82, 2.24) is 9.97 Å². The van der Waals surface area contributed by atoms with Gasteiger partial charge in [0.2, 0.25) is 0 Å². The Morgan fingerprint density at radius 1 is 1.11 bits per heavy atom.